The minimum absolute atomic E-state index is 0.0321. The maximum absolute atomic E-state index is 10.2. The SMILES string of the molecule is OC[C@]12O[C@@H]3O[C@@H](O)[C@H]1[C@H]1[C@H]3CO[C@H]1[C@@H]2O. The van der Waals surface area contributed by atoms with Crippen molar-refractivity contribution in [3.05, 3.63) is 0 Å². The normalized spacial score (nSPS) is 66.6. The van der Waals surface area contributed by atoms with E-state index in [-0.39, 0.29) is 24.5 Å². The van der Waals surface area contributed by atoms with Crippen LogP contribution in [-0.4, -0.2) is 58.9 Å². The van der Waals surface area contributed by atoms with Gasteiger partial charge in [-0.25, -0.2) is 0 Å². The van der Waals surface area contributed by atoms with Crippen molar-refractivity contribution >= 4 is 0 Å². The number of hydrogen-bond acceptors (Lipinski definition) is 6. The molecule has 0 spiro atoms. The molecule has 0 aromatic rings. The van der Waals surface area contributed by atoms with E-state index < -0.39 is 30.2 Å². The van der Waals surface area contributed by atoms with E-state index in [0.29, 0.717) is 6.61 Å². The summed E-state index contributed by atoms with van der Waals surface area (Å²) in [6.45, 7) is 0.167. The number of hydrogen-bond donors (Lipinski definition) is 3. The highest BCUT2D eigenvalue weighted by atomic mass is 16.8. The van der Waals surface area contributed by atoms with Gasteiger partial charge in [0.2, 0.25) is 0 Å². The molecule has 1 aliphatic carbocycles. The van der Waals surface area contributed by atoms with E-state index in [0.717, 1.165) is 0 Å². The van der Waals surface area contributed by atoms with Crippen molar-refractivity contribution < 1.29 is 29.5 Å². The number of fused-ring (bicyclic) bond motifs is 1. The minimum Gasteiger partial charge on any atom is -0.393 e. The van der Waals surface area contributed by atoms with Crippen molar-refractivity contribution in [2.75, 3.05) is 13.2 Å². The van der Waals surface area contributed by atoms with Crippen LogP contribution in [0.15, 0.2) is 0 Å². The largest absolute Gasteiger partial charge is 0.393 e. The quantitative estimate of drug-likeness (QED) is 0.485. The van der Waals surface area contributed by atoms with Crippen LogP contribution in [-0.2, 0) is 14.2 Å². The Hall–Kier alpha value is -0.240. The zero-order valence-corrected chi connectivity index (χ0v) is 8.52. The van der Waals surface area contributed by atoms with Gasteiger partial charge in [0.05, 0.1) is 19.3 Å². The minimum atomic E-state index is -1.10. The summed E-state index contributed by atoms with van der Waals surface area (Å²) in [5, 5.41) is 29.6. The zero-order valence-electron chi connectivity index (χ0n) is 8.52. The fourth-order valence-electron chi connectivity index (χ4n) is 3.99. The molecule has 4 bridgehead atoms. The second-order valence-corrected chi connectivity index (χ2v) is 5.14. The molecule has 6 heteroatoms. The summed E-state index contributed by atoms with van der Waals surface area (Å²) >= 11 is 0. The van der Waals surface area contributed by atoms with Crippen molar-refractivity contribution in [3.63, 3.8) is 0 Å². The Kier molecular flexibility index (Phi) is 1.69. The summed E-state index contributed by atoms with van der Waals surface area (Å²) in [6, 6.07) is 0. The van der Waals surface area contributed by atoms with Gasteiger partial charge in [-0.2, -0.15) is 0 Å². The molecule has 0 unspecified atom stereocenters. The average Bonchev–Trinajstić information content (AvgIpc) is 2.78. The second kappa shape index (κ2) is 2.77. The van der Waals surface area contributed by atoms with E-state index in [1.54, 1.807) is 0 Å². The fourth-order valence-corrected chi connectivity index (χ4v) is 3.99. The van der Waals surface area contributed by atoms with Crippen LogP contribution in [0, 0.1) is 17.8 Å². The van der Waals surface area contributed by atoms with Gasteiger partial charge in [0, 0.05) is 17.8 Å². The Balaban J connectivity index is 1.87. The van der Waals surface area contributed by atoms with E-state index in [9.17, 15) is 15.3 Å². The van der Waals surface area contributed by atoms with Gasteiger partial charge in [0.15, 0.2) is 12.6 Å². The van der Waals surface area contributed by atoms with Crippen LogP contribution in [0.1, 0.15) is 0 Å². The fraction of sp³-hybridized carbons (Fsp3) is 1.00. The molecule has 8 atom stereocenters. The smallest absolute Gasteiger partial charge is 0.167 e. The maximum Gasteiger partial charge on any atom is 0.167 e. The van der Waals surface area contributed by atoms with Gasteiger partial charge in [0.25, 0.3) is 0 Å². The number of rotatable bonds is 1. The van der Waals surface area contributed by atoms with E-state index in [1.807, 2.05) is 0 Å². The van der Waals surface area contributed by atoms with Crippen LogP contribution in [0.4, 0.5) is 0 Å². The van der Waals surface area contributed by atoms with Gasteiger partial charge in [-0.3, -0.25) is 0 Å². The van der Waals surface area contributed by atoms with Gasteiger partial charge in [-0.15, -0.1) is 0 Å². The summed E-state index contributed by atoms with van der Waals surface area (Å²) in [5.74, 6) is -0.296. The van der Waals surface area contributed by atoms with Gasteiger partial charge < -0.3 is 29.5 Å². The van der Waals surface area contributed by atoms with Crippen LogP contribution in [0.3, 0.4) is 0 Å². The highest BCUT2D eigenvalue weighted by Crippen LogP contribution is 2.61. The first-order valence-corrected chi connectivity index (χ1v) is 5.61. The van der Waals surface area contributed by atoms with Gasteiger partial charge in [-0.05, 0) is 0 Å². The predicted molar refractivity (Wildman–Crippen MR) is 48.0 cm³/mol. The lowest BCUT2D eigenvalue weighted by molar-refractivity contribution is -0.411. The van der Waals surface area contributed by atoms with Gasteiger partial charge in [-0.1, -0.05) is 0 Å². The second-order valence-electron chi connectivity index (χ2n) is 5.14. The molecule has 4 aliphatic heterocycles. The molecule has 6 nitrogen and oxygen atoms in total. The first kappa shape index (κ1) is 9.76. The summed E-state index contributed by atoms with van der Waals surface area (Å²) in [4.78, 5) is 0. The van der Waals surface area contributed by atoms with Crippen molar-refractivity contribution in [1.82, 2.24) is 0 Å². The van der Waals surface area contributed by atoms with Crippen molar-refractivity contribution in [2.24, 2.45) is 17.8 Å². The van der Waals surface area contributed by atoms with E-state index in [4.69, 9.17) is 14.2 Å². The van der Waals surface area contributed by atoms with Gasteiger partial charge >= 0.3 is 0 Å². The lowest BCUT2D eigenvalue weighted by Gasteiger charge is -2.53. The monoisotopic (exact) mass is 230 g/mol. The molecular formula is C10H14O6. The summed E-state index contributed by atoms with van der Waals surface area (Å²) in [5.41, 5.74) is -1.10. The Morgan fingerprint density at radius 3 is 2.88 bits per heavy atom. The third-order valence-corrected chi connectivity index (χ3v) is 4.66. The summed E-state index contributed by atoms with van der Waals surface area (Å²) in [6.07, 6.45) is -2.78. The number of aliphatic hydroxyl groups excluding tert-OH is 3. The van der Waals surface area contributed by atoms with Crippen LogP contribution >= 0.6 is 0 Å². The van der Waals surface area contributed by atoms with E-state index >= 15 is 0 Å². The first-order chi connectivity index (χ1) is 7.69. The molecule has 4 heterocycles. The summed E-state index contributed by atoms with van der Waals surface area (Å²) < 4.78 is 16.5. The van der Waals surface area contributed by atoms with Crippen molar-refractivity contribution in [2.45, 2.75) is 30.4 Å². The molecule has 5 fully saturated rings. The summed E-state index contributed by atoms with van der Waals surface area (Å²) in [7, 11) is 0. The molecule has 1 saturated carbocycles. The van der Waals surface area contributed by atoms with Crippen LogP contribution in [0.25, 0.3) is 0 Å². The molecule has 5 aliphatic rings. The molecule has 0 amide bonds. The third kappa shape index (κ3) is 0.805. The predicted octanol–water partition coefficient (Wildman–Crippen LogP) is -1.96. The van der Waals surface area contributed by atoms with Crippen molar-refractivity contribution in [1.29, 1.82) is 0 Å². The Morgan fingerprint density at radius 1 is 1.31 bits per heavy atom. The molecule has 4 saturated heterocycles. The Labute approximate surface area is 91.7 Å². The van der Waals surface area contributed by atoms with E-state index in [1.165, 1.54) is 0 Å². The van der Waals surface area contributed by atoms with Crippen molar-refractivity contribution in [3.8, 4) is 0 Å². The van der Waals surface area contributed by atoms with Crippen LogP contribution in [0.2, 0.25) is 0 Å². The molecule has 5 rings (SSSR count). The molecular weight excluding hydrogens is 216 g/mol. The molecule has 0 aromatic heterocycles. The average molecular weight is 230 g/mol. The van der Waals surface area contributed by atoms with Gasteiger partial charge in [0.1, 0.15) is 11.7 Å². The van der Waals surface area contributed by atoms with Crippen LogP contribution < -0.4 is 0 Å². The molecule has 0 radical (unpaired) electrons. The van der Waals surface area contributed by atoms with E-state index in [2.05, 4.69) is 0 Å². The van der Waals surface area contributed by atoms with Crippen LogP contribution in [0.5, 0.6) is 0 Å². The Morgan fingerprint density at radius 2 is 2.12 bits per heavy atom. The molecule has 0 aromatic carbocycles. The molecule has 16 heavy (non-hydrogen) atoms. The molecule has 3 N–H and O–H groups in total. The first-order valence-electron chi connectivity index (χ1n) is 5.61. The zero-order chi connectivity index (χ0) is 11.1. The topological polar surface area (TPSA) is 88.4 Å². The number of ether oxygens (including phenoxy) is 3. The molecule has 90 valence electrons. The lowest BCUT2D eigenvalue weighted by Crippen LogP contribution is -2.66. The third-order valence-electron chi connectivity index (χ3n) is 4.66. The Bertz CT molecular complexity index is 335. The number of aliphatic hydroxyl groups is 3. The lowest BCUT2D eigenvalue weighted by atomic mass is 9.74. The highest BCUT2D eigenvalue weighted by Gasteiger charge is 2.75. The standard InChI is InChI=1S/C10H14O6/c11-2-10-5-4-3(1-14-6(4)7(10)12)9(16-10)15-8(5)13/h3-9,11-13H,1-2H2/t3-,4-,5-,6-,7+,8-,9+,10+/m1/s1. The highest BCUT2D eigenvalue weighted by molar-refractivity contribution is 5.19. The maximum atomic E-state index is 10.2.